The maximum absolute atomic E-state index is 12.5. The van der Waals surface area contributed by atoms with Crippen LogP contribution in [-0.2, 0) is 79.4 Å². The lowest BCUT2D eigenvalue weighted by Gasteiger charge is -2.15. The van der Waals surface area contributed by atoms with E-state index < -0.39 is 0 Å². The minimum atomic E-state index is -0.0927. The van der Waals surface area contributed by atoms with Gasteiger partial charge in [0.25, 0.3) is 6.47 Å². The van der Waals surface area contributed by atoms with E-state index in [0.717, 1.165) is 25.3 Å². The first-order chi connectivity index (χ1) is 57.5. The third-order valence-corrected chi connectivity index (χ3v) is 35.4. The molecule has 0 saturated heterocycles. The Labute approximate surface area is 919 Å². The quantitative estimate of drug-likeness (QED) is 0.0990. The minimum absolute atomic E-state index is 0. The number of halogens is 4. The second-order valence-corrected chi connectivity index (χ2v) is 59.1. The van der Waals surface area contributed by atoms with E-state index in [1.807, 2.05) is 129 Å². The van der Waals surface area contributed by atoms with Crippen LogP contribution in [0, 0.1) is 28.8 Å². The van der Waals surface area contributed by atoms with Gasteiger partial charge in [0.15, 0.2) is 22.3 Å². The van der Waals surface area contributed by atoms with E-state index in [1.165, 1.54) is 104 Å². The first-order valence-corrected chi connectivity index (χ1v) is 53.8. The highest BCUT2D eigenvalue weighted by atomic mass is 127. The van der Waals surface area contributed by atoms with Crippen molar-refractivity contribution >= 4 is 211 Å². The van der Waals surface area contributed by atoms with Crippen molar-refractivity contribution in [1.82, 2.24) is 0 Å². The highest BCUT2D eigenvalue weighted by Crippen LogP contribution is 2.39. The van der Waals surface area contributed by atoms with Crippen LogP contribution in [0.25, 0.3) is 0 Å². The molecule has 0 aliphatic carbocycles. The Kier molecular flexibility index (Phi) is 80.4. The molecule has 12 rings (SSSR count). The normalized spacial score (nSPS) is 10.8. The van der Waals surface area contributed by atoms with Gasteiger partial charge in [0, 0.05) is 73.2 Å². The summed E-state index contributed by atoms with van der Waals surface area (Å²) in [6.07, 6.45) is 1.15. The minimum Gasteiger partial charge on any atom is -0.418 e. The molecule has 0 saturated carbocycles. The van der Waals surface area contributed by atoms with Crippen molar-refractivity contribution in [1.29, 1.82) is 0 Å². The summed E-state index contributed by atoms with van der Waals surface area (Å²) in [6, 6.07) is 49.1. The molecule has 788 valence electrons. The van der Waals surface area contributed by atoms with Gasteiger partial charge >= 0.3 is 6.15 Å². The summed E-state index contributed by atoms with van der Waals surface area (Å²) in [5.74, 6) is 0.163. The molecule has 0 aliphatic heterocycles. The number of rotatable bonds is 4. The number of ether oxygens (including phenoxy) is 1. The first kappa shape index (κ1) is 156. The summed E-state index contributed by atoms with van der Waals surface area (Å²) in [6.45, 7) is 87.5. The first-order valence-electron chi connectivity index (χ1n) is 42.2. The van der Waals surface area contributed by atoms with E-state index in [-0.39, 0.29) is 131 Å². The van der Waals surface area contributed by atoms with Crippen molar-refractivity contribution in [2.75, 3.05) is 0 Å². The van der Waals surface area contributed by atoms with Crippen LogP contribution in [0.15, 0.2) is 160 Å². The Hall–Kier alpha value is -3.98. The van der Waals surface area contributed by atoms with E-state index >= 15 is 0 Å². The van der Waals surface area contributed by atoms with E-state index in [4.69, 9.17) is 27.3 Å². The maximum Gasteiger partial charge on any atom is 0.373 e. The van der Waals surface area contributed by atoms with E-state index in [9.17, 15) is 18.8 Å². The SMILES string of the molecule is C.C.C.C.C.C.C.C.C.C.C.CC(=O)c1ccc(C(C)(C)C)s1.CC(C)(C)c1ccc(Br)s1.CC(C)(C)c1ccc(C=O)s1.CC(C)(C)c1ccc(Cl)s1.CC(C)(C)c1ccc(I)s1.CC(C)(C)c1ccc(OC=O)s1.CC(C)(C)c1ccc([11CH3])s1.CC(C)(C)c1ccc([18F])s1.CC(C)(C)c1cccs1.Cc1ccc(C(C)(C)C)s1.Cc1ccc(C(C)(C)C)s1.O=C=O.[3H]c1ccc(C(C)(C)C)s1. The number of carbonyl (C=O) groups excluding carboxylic acids is 5. The van der Waals surface area contributed by atoms with Crippen LogP contribution in [0.4, 0.5) is 4.39 Å². The molecule has 22 heteroatoms. The van der Waals surface area contributed by atoms with Crippen LogP contribution in [0.2, 0.25) is 4.34 Å². The van der Waals surface area contributed by atoms with Crippen LogP contribution in [0.1, 0.15) is 432 Å². The van der Waals surface area contributed by atoms with Crippen molar-refractivity contribution in [3.8, 4) is 5.06 Å². The molecule has 0 aliphatic rings. The number of aryl methyl sites for hydroxylation is 3. The lowest BCUT2D eigenvalue weighted by molar-refractivity contribution is -0.191. The van der Waals surface area contributed by atoms with Gasteiger partial charge in [-0.25, -0.2) is 0 Å². The number of Topliss-reactive ketones (excluding diaryl/α,β-unsaturated/α-hetero) is 1. The molecule has 0 aromatic carbocycles. The second-order valence-electron chi connectivity index (χ2n) is 42.0. The highest BCUT2D eigenvalue weighted by Gasteiger charge is 2.24. The van der Waals surface area contributed by atoms with Crippen molar-refractivity contribution < 1.29 is 34.5 Å². The molecule has 0 amide bonds. The van der Waals surface area contributed by atoms with Crippen molar-refractivity contribution in [2.24, 2.45) is 0 Å². The molecular weight excluding hydrogens is 2120 g/mol. The van der Waals surface area contributed by atoms with Crippen LogP contribution in [0.5, 0.6) is 5.06 Å². The van der Waals surface area contributed by atoms with E-state index in [0.29, 0.717) is 49.4 Å². The standard InChI is InChI=1S/C10H14OS.C9H12O2S.C9H12OS.3C9H14S.C8H11BrS.C8H11ClS.C8H11FS.C8H11IS.2C8H12S.CO2.11CH4/c1-7(11)8-5-6-9(12-8)10(2,3)4;1-9(2,3)7-4-5-8(12-7)11-6-10;1-9(2,3)8-5-4-7(6-10)11-8;3*1-7-5-6-8(10-7)9(2,3)4;4*1-8(2,3)6-4-5-7(9)10-6;2*1-8(2,3)7-5-4-6-9-7;2-1-3;;;;;;;;;;;/h5-6H,1-4H3;4-6H,1-3H3;4-6H,1-3H3;3*5-6H,1-4H3;4*4-5H,1-3H3;2*4-6H,1-3H3;;11*1H4/i;;;1-1;;;;;9-1;;6T;;;;;;;;;;;;;. The monoisotopic (exact) mass is 2310 g/mol. The Morgan fingerprint density at radius 3 is 0.818 bits per heavy atom. The van der Waals surface area contributed by atoms with Crippen LogP contribution < -0.4 is 4.74 Å². The van der Waals surface area contributed by atoms with Gasteiger partial charge in [0.05, 0.1) is 22.1 Å². The number of thiophene rings is 12. The van der Waals surface area contributed by atoms with Crippen LogP contribution in [0.3, 0.4) is 0 Å². The highest BCUT2D eigenvalue weighted by molar-refractivity contribution is 14.1. The zero-order valence-corrected chi connectivity index (χ0v) is 97.2. The van der Waals surface area contributed by atoms with Crippen molar-refractivity contribution in [3.05, 3.63) is 255 Å². The predicted molar refractivity (Wildman–Crippen MR) is 657 cm³/mol. The molecule has 0 radical (unpaired) electrons. The summed E-state index contributed by atoms with van der Waals surface area (Å²) < 4.78 is 28.0. The Balaban J connectivity index is -0.000000124. The van der Waals surface area contributed by atoms with Gasteiger partial charge in [-0.3, -0.25) is 14.4 Å². The molecule has 6 nitrogen and oxygen atoms in total. The molecule has 0 atom stereocenters. The van der Waals surface area contributed by atoms with Gasteiger partial charge in [0.2, 0.25) is 0 Å². The van der Waals surface area contributed by atoms with Crippen LogP contribution >= 0.6 is 186 Å². The predicted octanol–water partition coefficient (Wildman–Crippen LogP) is 45.6. The summed E-state index contributed by atoms with van der Waals surface area (Å²) >= 11 is 31.9. The molecule has 0 N–H and O–H groups in total. The van der Waals surface area contributed by atoms with Gasteiger partial charge in [-0.05, 0) is 275 Å². The van der Waals surface area contributed by atoms with Gasteiger partial charge in [-0.1, -0.05) is 355 Å². The lowest BCUT2D eigenvalue weighted by atomic mass is 9.95. The summed E-state index contributed by atoms with van der Waals surface area (Å²) in [5, 5.41) is 3.35. The molecular formula is C115H192BrClFIO6S12. The third-order valence-electron chi connectivity index (χ3n) is 16.8. The fourth-order valence-electron chi connectivity index (χ4n) is 9.32. The summed E-state index contributed by atoms with van der Waals surface area (Å²) in [4.78, 5) is 69.8. The fourth-order valence-corrected chi connectivity index (χ4v) is 21.3. The van der Waals surface area contributed by atoms with Gasteiger partial charge in [-0.2, -0.15) is 14.0 Å². The second kappa shape index (κ2) is 70.7. The topological polar surface area (TPSA) is 94.6 Å². The lowest BCUT2D eigenvalue weighted by Crippen LogP contribution is -2.07. The summed E-state index contributed by atoms with van der Waals surface area (Å²) in [7, 11) is 0. The average molecular weight is 2320 g/mol. The smallest absolute Gasteiger partial charge is 0.373 e. The number of hydrogen-bond acceptors (Lipinski definition) is 18. The van der Waals surface area contributed by atoms with Crippen molar-refractivity contribution in [2.45, 2.75) is 424 Å². The zero-order valence-electron chi connectivity index (χ0n) is 83.9. The molecule has 0 bridgehead atoms. The molecule has 137 heavy (non-hydrogen) atoms. The van der Waals surface area contributed by atoms with E-state index in [1.54, 1.807) is 52.3 Å². The Bertz CT molecular complexity index is 4500. The molecule has 12 aromatic rings. The third kappa shape index (κ3) is 68.1. The number of ketones is 1. The van der Waals surface area contributed by atoms with Gasteiger partial charge < -0.3 is 4.74 Å². The average Bonchev–Trinajstić information content (AvgIpc) is 1.69. The van der Waals surface area contributed by atoms with Gasteiger partial charge in [0.1, 0.15) is 0 Å². The Morgan fingerprint density at radius 1 is 0.350 bits per heavy atom. The number of carbonyl (C=O) groups is 3. The van der Waals surface area contributed by atoms with E-state index in [2.05, 4.69) is 393 Å². The number of hydrogen-bond donors (Lipinski definition) is 0. The van der Waals surface area contributed by atoms with Crippen LogP contribution in [-0.4, -0.2) is 24.7 Å². The molecule has 0 fully saturated rings. The van der Waals surface area contributed by atoms with Crippen molar-refractivity contribution in [3.63, 3.8) is 0 Å². The fraction of sp³-hybridized carbons (Fsp3) is 0.548. The van der Waals surface area contributed by atoms with Gasteiger partial charge in [-0.15, -0.1) is 136 Å². The molecule has 0 spiro atoms. The Morgan fingerprint density at radius 2 is 0.635 bits per heavy atom. The number of aldehydes is 1. The maximum atomic E-state index is 12.5. The zero-order chi connectivity index (χ0) is 98.8. The largest absolute Gasteiger partial charge is 0.418 e. The molecule has 12 heterocycles. The molecule has 0 unspecified atom stereocenters. The summed E-state index contributed by atoms with van der Waals surface area (Å²) in [5.41, 5.74) is 2.99. The molecule has 12 aromatic heterocycles.